The standard InChI is InChI=1S/C14H11Br3FN/c1-8-4-11(16)14(12(17)5-8)19-7-9-6-10(15)2-3-13(9)18/h2-6,19H,7H2,1H3. The van der Waals surface area contributed by atoms with Gasteiger partial charge in [-0.15, -0.1) is 0 Å². The summed E-state index contributed by atoms with van der Waals surface area (Å²) in [5.74, 6) is -0.213. The van der Waals surface area contributed by atoms with Crippen molar-refractivity contribution >= 4 is 53.5 Å². The molecule has 100 valence electrons. The Morgan fingerprint density at radius 3 is 2.32 bits per heavy atom. The summed E-state index contributed by atoms with van der Waals surface area (Å²) in [6, 6.07) is 8.96. The topological polar surface area (TPSA) is 12.0 Å². The molecule has 0 fully saturated rings. The monoisotopic (exact) mass is 449 g/mol. The molecule has 0 aliphatic heterocycles. The van der Waals surface area contributed by atoms with Crippen LogP contribution in [0.15, 0.2) is 43.7 Å². The van der Waals surface area contributed by atoms with Crippen LogP contribution in [-0.2, 0) is 6.54 Å². The number of hydrogen-bond acceptors (Lipinski definition) is 1. The van der Waals surface area contributed by atoms with E-state index in [1.165, 1.54) is 6.07 Å². The fraction of sp³-hybridized carbons (Fsp3) is 0.143. The molecule has 0 radical (unpaired) electrons. The van der Waals surface area contributed by atoms with Crippen molar-refractivity contribution in [1.29, 1.82) is 0 Å². The summed E-state index contributed by atoms with van der Waals surface area (Å²) >= 11 is 10.4. The fourth-order valence-electron chi connectivity index (χ4n) is 1.73. The van der Waals surface area contributed by atoms with Crippen LogP contribution in [0.4, 0.5) is 10.1 Å². The zero-order valence-electron chi connectivity index (χ0n) is 10.1. The maximum absolute atomic E-state index is 13.7. The lowest BCUT2D eigenvalue weighted by molar-refractivity contribution is 0.612. The zero-order valence-corrected chi connectivity index (χ0v) is 14.9. The number of rotatable bonds is 3. The summed E-state index contributed by atoms with van der Waals surface area (Å²) in [6.45, 7) is 2.44. The van der Waals surface area contributed by atoms with Gasteiger partial charge in [0, 0.05) is 25.5 Å². The predicted molar refractivity (Wildman–Crippen MR) is 88.0 cm³/mol. The predicted octanol–water partition coefficient (Wildman–Crippen LogP) is 6.03. The van der Waals surface area contributed by atoms with Crippen LogP contribution in [0.25, 0.3) is 0 Å². The van der Waals surface area contributed by atoms with Gasteiger partial charge in [-0.25, -0.2) is 4.39 Å². The third-order valence-corrected chi connectivity index (χ3v) is 4.39. The van der Waals surface area contributed by atoms with Crippen molar-refractivity contribution in [3.8, 4) is 0 Å². The van der Waals surface area contributed by atoms with Crippen molar-refractivity contribution in [3.05, 3.63) is 60.7 Å². The Morgan fingerprint density at radius 1 is 1.05 bits per heavy atom. The average Bonchev–Trinajstić information content (AvgIpc) is 2.32. The lowest BCUT2D eigenvalue weighted by Crippen LogP contribution is -2.03. The minimum atomic E-state index is -0.213. The Balaban J connectivity index is 2.21. The van der Waals surface area contributed by atoms with Crippen LogP contribution in [0.5, 0.6) is 0 Å². The van der Waals surface area contributed by atoms with Crippen LogP contribution in [0.2, 0.25) is 0 Å². The number of anilines is 1. The van der Waals surface area contributed by atoms with Crippen molar-refractivity contribution in [2.45, 2.75) is 13.5 Å². The minimum absolute atomic E-state index is 0.213. The van der Waals surface area contributed by atoms with Gasteiger partial charge in [0.05, 0.1) is 5.69 Å². The summed E-state index contributed by atoms with van der Waals surface area (Å²) in [4.78, 5) is 0. The van der Waals surface area contributed by atoms with E-state index in [1.54, 1.807) is 12.1 Å². The Morgan fingerprint density at radius 2 is 1.68 bits per heavy atom. The Labute approximate surface area is 137 Å². The lowest BCUT2D eigenvalue weighted by Gasteiger charge is -2.12. The average molecular weight is 452 g/mol. The molecule has 1 nitrogen and oxygen atoms in total. The summed E-state index contributed by atoms with van der Waals surface area (Å²) in [6.07, 6.45) is 0. The highest BCUT2D eigenvalue weighted by Gasteiger charge is 2.08. The molecule has 0 bridgehead atoms. The number of hydrogen-bond donors (Lipinski definition) is 1. The number of benzene rings is 2. The van der Waals surface area contributed by atoms with E-state index in [1.807, 2.05) is 19.1 Å². The van der Waals surface area contributed by atoms with E-state index in [0.29, 0.717) is 12.1 Å². The van der Waals surface area contributed by atoms with Crippen molar-refractivity contribution in [2.24, 2.45) is 0 Å². The summed E-state index contributed by atoms with van der Waals surface area (Å²) in [5.41, 5.74) is 2.69. The Kier molecular flexibility index (Phi) is 5.03. The molecule has 19 heavy (non-hydrogen) atoms. The van der Waals surface area contributed by atoms with Gasteiger partial charge in [0.15, 0.2) is 0 Å². The summed E-state index contributed by atoms with van der Waals surface area (Å²) < 4.78 is 16.4. The second-order valence-electron chi connectivity index (χ2n) is 4.19. The molecule has 0 heterocycles. The normalized spacial score (nSPS) is 10.6. The maximum atomic E-state index is 13.7. The molecule has 0 aromatic heterocycles. The molecule has 0 unspecified atom stereocenters. The van der Waals surface area contributed by atoms with E-state index >= 15 is 0 Å². The van der Waals surface area contributed by atoms with Crippen LogP contribution in [0, 0.1) is 12.7 Å². The van der Waals surface area contributed by atoms with Crippen LogP contribution in [0.3, 0.4) is 0 Å². The van der Waals surface area contributed by atoms with Gasteiger partial charge in [-0.2, -0.15) is 0 Å². The van der Waals surface area contributed by atoms with Gasteiger partial charge in [-0.1, -0.05) is 15.9 Å². The second-order valence-corrected chi connectivity index (χ2v) is 6.82. The Hall–Kier alpha value is -0.390. The zero-order chi connectivity index (χ0) is 14.0. The van der Waals surface area contributed by atoms with E-state index in [9.17, 15) is 4.39 Å². The first-order valence-electron chi connectivity index (χ1n) is 5.61. The Bertz CT molecular complexity index is 591. The lowest BCUT2D eigenvalue weighted by atomic mass is 10.2. The van der Waals surface area contributed by atoms with Gasteiger partial charge in [-0.05, 0) is 74.7 Å². The SMILES string of the molecule is Cc1cc(Br)c(NCc2cc(Br)ccc2F)c(Br)c1. The molecule has 2 aromatic rings. The molecular weight excluding hydrogens is 441 g/mol. The molecule has 5 heteroatoms. The van der Waals surface area contributed by atoms with Crippen molar-refractivity contribution in [1.82, 2.24) is 0 Å². The molecule has 0 saturated carbocycles. The van der Waals surface area contributed by atoms with Crippen LogP contribution < -0.4 is 5.32 Å². The summed E-state index contributed by atoms with van der Waals surface area (Å²) in [7, 11) is 0. The second kappa shape index (κ2) is 6.37. The molecular formula is C14H11Br3FN. The first-order chi connectivity index (χ1) is 8.97. The molecule has 0 amide bonds. The van der Waals surface area contributed by atoms with Gasteiger partial charge in [-0.3, -0.25) is 0 Å². The van der Waals surface area contributed by atoms with Gasteiger partial charge in [0.25, 0.3) is 0 Å². The van der Waals surface area contributed by atoms with Gasteiger partial charge < -0.3 is 5.32 Å². The van der Waals surface area contributed by atoms with E-state index in [-0.39, 0.29) is 5.82 Å². The number of halogens is 4. The van der Waals surface area contributed by atoms with Gasteiger partial charge in [0.1, 0.15) is 5.82 Å². The molecule has 0 saturated heterocycles. The molecule has 0 aliphatic carbocycles. The molecule has 0 atom stereocenters. The van der Waals surface area contributed by atoms with Crippen LogP contribution in [0.1, 0.15) is 11.1 Å². The van der Waals surface area contributed by atoms with Gasteiger partial charge in [0.2, 0.25) is 0 Å². The third kappa shape index (κ3) is 3.80. The van der Waals surface area contributed by atoms with Crippen molar-refractivity contribution in [2.75, 3.05) is 5.32 Å². The van der Waals surface area contributed by atoms with E-state index in [4.69, 9.17) is 0 Å². The molecule has 2 rings (SSSR count). The highest BCUT2D eigenvalue weighted by molar-refractivity contribution is 9.11. The van der Waals surface area contributed by atoms with E-state index in [2.05, 4.69) is 53.1 Å². The quantitative estimate of drug-likeness (QED) is 0.600. The smallest absolute Gasteiger partial charge is 0.128 e. The van der Waals surface area contributed by atoms with Crippen molar-refractivity contribution in [3.63, 3.8) is 0 Å². The van der Waals surface area contributed by atoms with Crippen LogP contribution >= 0.6 is 47.8 Å². The maximum Gasteiger partial charge on any atom is 0.128 e. The van der Waals surface area contributed by atoms with E-state index in [0.717, 1.165) is 24.7 Å². The first kappa shape index (κ1) is 15.0. The summed E-state index contributed by atoms with van der Waals surface area (Å²) in [5, 5.41) is 3.24. The van der Waals surface area contributed by atoms with Crippen LogP contribution in [-0.4, -0.2) is 0 Å². The fourth-order valence-corrected chi connectivity index (χ4v) is 3.84. The largest absolute Gasteiger partial charge is 0.379 e. The third-order valence-electron chi connectivity index (χ3n) is 2.65. The molecule has 0 aliphatic rings. The highest BCUT2D eigenvalue weighted by Crippen LogP contribution is 2.32. The minimum Gasteiger partial charge on any atom is -0.379 e. The van der Waals surface area contributed by atoms with E-state index < -0.39 is 0 Å². The molecule has 0 spiro atoms. The highest BCUT2D eigenvalue weighted by atomic mass is 79.9. The molecule has 2 aromatic carbocycles. The van der Waals surface area contributed by atoms with Crippen molar-refractivity contribution < 1.29 is 4.39 Å². The number of nitrogens with one attached hydrogen (secondary N) is 1. The van der Waals surface area contributed by atoms with Gasteiger partial charge >= 0.3 is 0 Å². The number of aryl methyl sites for hydroxylation is 1. The first-order valence-corrected chi connectivity index (χ1v) is 7.98. The molecule has 1 N–H and O–H groups in total.